The topological polar surface area (TPSA) is 55.4 Å². The van der Waals surface area contributed by atoms with Gasteiger partial charge in [-0.2, -0.15) is 0 Å². The Morgan fingerprint density at radius 1 is 0.305 bits per heavy atom. The molecule has 82 heavy (non-hydrogen) atoms. The van der Waals surface area contributed by atoms with E-state index in [1.807, 2.05) is 0 Å². The number of methoxy groups -OCH3 is 6. The zero-order chi connectivity index (χ0) is 58.6. The number of ether oxygens (including phenoxy) is 6. The van der Waals surface area contributed by atoms with Gasteiger partial charge in [0.2, 0.25) is 11.5 Å². The molecule has 4 aromatic carbocycles. The molecule has 462 valence electrons. The second-order valence-electron chi connectivity index (χ2n) is 22.9. The van der Waals surface area contributed by atoms with Crippen LogP contribution in [0.2, 0.25) is 0 Å². The van der Waals surface area contributed by atoms with Crippen LogP contribution >= 0.6 is 0 Å². The van der Waals surface area contributed by atoms with E-state index in [0.29, 0.717) is 39.8 Å². The van der Waals surface area contributed by atoms with Gasteiger partial charge in [0.25, 0.3) is 0 Å². The number of unbranched alkanes of at least 4 members (excludes halogenated alkanes) is 30. The lowest BCUT2D eigenvalue weighted by atomic mass is 9.85. The molecule has 0 spiro atoms. The predicted octanol–water partition coefficient (Wildman–Crippen LogP) is 17.9. The van der Waals surface area contributed by atoms with Gasteiger partial charge in [0.1, 0.15) is 13.1 Å². The van der Waals surface area contributed by atoms with Gasteiger partial charge in [-0.05, 0) is 61.1 Å². The number of benzene rings is 4. The zero-order valence-electron chi connectivity index (χ0n) is 51.3. The highest BCUT2D eigenvalue weighted by Gasteiger charge is 2.44. The highest BCUT2D eigenvalue weighted by Crippen LogP contribution is 2.62. The van der Waals surface area contributed by atoms with E-state index < -0.39 is 34.9 Å². The standard InChI is InChI=1S/C68H100F6NO6.BrH/c1-9-11-13-15-17-19-21-23-25-27-29-31-33-35-37-39-41-75(42-40-38-36-34-32-30-28-26-24-22-20-18-16-14-12-10-2)47-51-57(49-43-53(69)61(73)54(70)44-49)63(76-3)67(80-7)65(78-5)59(51)60-52(48-75)58(50-45-55(71)62(74)56(72)46-50)64(77-4)68(81-8)66(60)79-6;/h43-46H,9-42,47-48H2,1-8H3;1H/q+1;/p-1. The second-order valence-corrected chi connectivity index (χ2v) is 22.9. The third kappa shape index (κ3) is 19.4. The van der Waals surface area contributed by atoms with Crippen molar-refractivity contribution in [3.05, 3.63) is 70.3 Å². The van der Waals surface area contributed by atoms with Gasteiger partial charge in [0, 0.05) is 33.4 Å². The summed E-state index contributed by atoms with van der Waals surface area (Å²) in [5.74, 6) is -8.10. The van der Waals surface area contributed by atoms with Crippen LogP contribution in [0.4, 0.5) is 26.3 Å². The number of quaternary nitrogens is 1. The minimum absolute atomic E-state index is 0. The molecule has 14 heteroatoms. The van der Waals surface area contributed by atoms with Crippen LogP contribution in [0.25, 0.3) is 33.4 Å². The number of hydrogen-bond acceptors (Lipinski definition) is 6. The molecule has 0 fully saturated rings. The van der Waals surface area contributed by atoms with E-state index in [2.05, 4.69) is 13.8 Å². The highest BCUT2D eigenvalue weighted by atomic mass is 79.9. The van der Waals surface area contributed by atoms with Gasteiger partial charge >= 0.3 is 0 Å². The smallest absolute Gasteiger partial charge is 0.204 e. The van der Waals surface area contributed by atoms with Gasteiger partial charge < -0.3 is 49.9 Å². The molecule has 0 saturated carbocycles. The van der Waals surface area contributed by atoms with Crippen molar-refractivity contribution in [2.24, 2.45) is 0 Å². The highest BCUT2D eigenvalue weighted by molar-refractivity contribution is 5.98. The summed E-state index contributed by atoms with van der Waals surface area (Å²) in [6, 6.07) is 3.82. The minimum Gasteiger partial charge on any atom is -1.00 e. The average Bonchev–Trinajstić information content (AvgIpc) is 3.86. The number of fused-ring (bicyclic) bond motifs is 3. The Hall–Kier alpha value is -4.30. The van der Waals surface area contributed by atoms with E-state index in [-0.39, 0.29) is 86.8 Å². The van der Waals surface area contributed by atoms with Gasteiger partial charge in [-0.3, -0.25) is 0 Å². The summed E-state index contributed by atoms with van der Waals surface area (Å²) in [5, 5.41) is 0. The molecule has 5 rings (SSSR count). The van der Waals surface area contributed by atoms with Crippen molar-refractivity contribution in [3.8, 4) is 67.9 Å². The molecule has 1 aliphatic rings. The summed E-state index contributed by atoms with van der Waals surface area (Å²) in [7, 11) is 8.60. The summed E-state index contributed by atoms with van der Waals surface area (Å²) >= 11 is 0. The molecule has 0 saturated heterocycles. The number of halogens is 7. The molecular weight excluding hydrogens is 1120 g/mol. The normalized spacial score (nSPS) is 12.6. The van der Waals surface area contributed by atoms with Crippen molar-refractivity contribution in [1.82, 2.24) is 0 Å². The molecule has 1 heterocycles. The van der Waals surface area contributed by atoms with Gasteiger partial charge in [-0.1, -0.05) is 194 Å². The quantitative estimate of drug-likeness (QED) is 0.0191. The Bertz CT molecular complexity index is 2310. The largest absolute Gasteiger partial charge is 1.00 e. The summed E-state index contributed by atoms with van der Waals surface area (Å²) in [4.78, 5) is 0. The van der Waals surface area contributed by atoms with Crippen LogP contribution in [0.3, 0.4) is 0 Å². The van der Waals surface area contributed by atoms with Crippen LogP contribution in [0.5, 0.6) is 34.5 Å². The molecule has 0 bridgehead atoms. The zero-order valence-corrected chi connectivity index (χ0v) is 52.9. The van der Waals surface area contributed by atoms with Crippen LogP contribution in [-0.2, 0) is 13.1 Å². The SMILES string of the molecule is CCCCCCCCCCCCCCCCCC[N+]1(CCCCCCCCCCCCCCCCCC)Cc2c(-c3cc(F)c(F)c(F)c3)c(OC)c(OC)c(OC)c2-c2c(c(-c3cc(F)c(F)c(F)c3)c(OC)c(OC)c2OC)C1.[Br-]. The van der Waals surface area contributed by atoms with Crippen LogP contribution in [0.1, 0.15) is 230 Å². The fourth-order valence-corrected chi connectivity index (χ4v) is 12.6. The van der Waals surface area contributed by atoms with E-state index in [0.717, 1.165) is 75.6 Å². The monoisotopic (exact) mass is 1220 g/mol. The van der Waals surface area contributed by atoms with Crippen molar-refractivity contribution in [3.63, 3.8) is 0 Å². The third-order valence-electron chi connectivity index (χ3n) is 16.9. The van der Waals surface area contributed by atoms with Crippen LogP contribution < -0.4 is 45.4 Å². The lowest BCUT2D eigenvalue weighted by Gasteiger charge is -2.40. The minimum atomic E-state index is -1.62. The van der Waals surface area contributed by atoms with Crippen molar-refractivity contribution in [2.45, 2.75) is 232 Å². The Morgan fingerprint density at radius 3 is 0.732 bits per heavy atom. The van der Waals surface area contributed by atoms with Crippen molar-refractivity contribution in [2.75, 3.05) is 55.7 Å². The fourth-order valence-electron chi connectivity index (χ4n) is 12.6. The van der Waals surface area contributed by atoms with E-state index >= 15 is 17.6 Å². The lowest BCUT2D eigenvalue weighted by Crippen LogP contribution is -3.00. The Kier molecular flexibility index (Phi) is 32.4. The van der Waals surface area contributed by atoms with Crippen LogP contribution in [0.15, 0.2) is 24.3 Å². The molecule has 0 amide bonds. The first-order valence-corrected chi connectivity index (χ1v) is 31.3. The molecular formula is C68H100BrF6NO6. The van der Waals surface area contributed by atoms with Crippen molar-refractivity contribution < 1.29 is 76.2 Å². The molecule has 0 aromatic heterocycles. The number of nitrogens with zero attached hydrogens (tertiary/aromatic N) is 1. The predicted molar refractivity (Wildman–Crippen MR) is 318 cm³/mol. The Balaban J connectivity index is 0.0000144. The lowest BCUT2D eigenvalue weighted by molar-refractivity contribution is -0.953. The summed E-state index contributed by atoms with van der Waals surface area (Å²) in [6.45, 7) is 6.28. The molecule has 0 aliphatic carbocycles. The molecule has 0 radical (unpaired) electrons. The summed E-state index contributed by atoms with van der Waals surface area (Å²) in [5.41, 5.74) is 2.31. The van der Waals surface area contributed by atoms with Crippen LogP contribution in [0, 0.1) is 34.9 Å². The third-order valence-corrected chi connectivity index (χ3v) is 16.9. The van der Waals surface area contributed by atoms with Crippen molar-refractivity contribution in [1.29, 1.82) is 0 Å². The average molecular weight is 1220 g/mol. The van der Waals surface area contributed by atoms with Gasteiger partial charge in [0.05, 0.1) is 55.7 Å². The summed E-state index contributed by atoms with van der Waals surface area (Å²) < 4.78 is 130. The maximum absolute atomic E-state index is 15.7. The van der Waals surface area contributed by atoms with Gasteiger partial charge in [0.15, 0.2) is 57.9 Å². The molecule has 4 aromatic rings. The molecule has 0 unspecified atom stereocenters. The Morgan fingerprint density at radius 2 is 0.512 bits per heavy atom. The molecule has 0 N–H and O–H groups in total. The van der Waals surface area contributed by atoms with E-state index in [1.165, 1.54) is 197 Å². The second kappa shape index (κ2) is 37.9. The first-order valence-electron chi connectivity index (χ1n) is 31.3. The Labute approximate surface area is 500 Å². The van der Waals surface area contributed by atoms with Gasteiger partial charge in [-0.25, -0.2) is 26.3 Å². The number of rotatable bonds is 42. The molecule has 1 aliphatic heterocycles. The first kappa shape index (κ1) is 70.2. The fraction of sp³-hybridized carbons (Fsp3) is 0.647. The molecule has 7 nitrogen and oxygen atoms in total. The van der Waals surface area contributed by atoms with E-state index in [1.54, 1.807) is 0 Å². The first-order chi connectivity index (χ1) is 39.4. The van der Waals surface area contributed by atoms with Gasteiger partial charge in [-0.15, -0.1) is 0 Å². The van der Waals surface area contributed by atoms with E-state index in [9.17, 15) is 8.78 Å². The van der Waals surface area contributed by atoms with Crippen LogP contribution in [-0.4, -0.2) is 60.2 Å². The summed E-state index contributed by atoms with van der Waals surface area (Å²) in [6.07, 6.45) is 38.9. The van der Waals surface area contributed by atoms with Crippen molar-refractivity contribution >= 4 is 0 Å². The molecule has 0 atom stereocenters. The van der Waals surface area contributed by atoms with E-state index in [4.69, 9.17) is 28.4 Å². The maximum Gasteiger partial charge on any atom is 0.204 e. The number of hydrogen-bond donors (Lipinski definition) is 0. The maximum atomic E-state index is 15.7.